The van der Waals surface area contributed by atoms with Crippen LogP contribution in [0.5, 0.6) is 0 Å². The van der Waals surface area contributed by atoms with Crippen molar-refractivity contribution in [2.45, 2.75) is 25.8 Å². The van der Waals surface area contributed by atoms with Crippen molar-refractivity contribution >= 4 is 43.9 Å². The molecule has 0 spiro atoms. The highest BCUT2D eigenvalue weighted by molar-refractivity contribution is 7.39. The predicted octanol–water partition coefficient (Wildman–Crippen LogP) is 3.30. The molecule has 0 radical (unpaired) electrons. The van der Waals surface area contributed by atoms with Crippen LogP contribution in [-0.2, 0) is 4.74 Å². The average molecular weight is 339 g/mol. The molecule has 0 aliphatic carbocycles. The second-order valence-corrected chi connectivity index (χ2v) is 8.26. The first-order valence-corrected chi connectivity index (χ1v) is 8.68. The van der Waals surface area contributed by atoms with E-state index in [1.54, 1.807) is 12.1 Å². The first-order chi connectivity index (χ1) is 10.4. The van der Waals surface area contributed by atoms with Crippen LogP contribution in [0.3, 0.4) is 0 Å². The first kappa shape index (κ1) is 15.5. The topological polar surface area (TPSA) is 66.8 Å². The van der Waals surface area contributed by atoms with Crippen molar-refractivity contribution in [2.24, 2.45) is 0 Å². The van der Waals surface area contributed by atoms with Gasteiger partial charge in [-0.25, -0.2) is 4.79 Å². The maximum atomic E-state index is 12.8. The van der Waals surface area contributed by atoms with Gasteiger partial charge in [-0.05, 0) is 32.4 Å². The van der Waals surface area contributed by atoms with Crippen molar-refractivity contribution in [1.29, 1.82) is 0 Å². The van der Waals surface area contributed by atoms with Gasteiger partial charge in [0.1, 0.15) is 4.88 Å². The SMILES string of the molecule is CC1(C)CCOCCN1C(=O)c1cc2cc(C(=O)O)sc2s1. The summed E-state index contributed by atoms with van der Waals surface area (Å²) in [6.45, 7) is 5.91. The Morgan fingerprint density at radius 2 is 1.91 bits per heavy atom. The molecule has 3 rings (SSSR count). The lowest BCUT2D eigenvalue weighted by molar-refractivity contribution is 0.0567. The lowest BCUT2D eigenvalue weighted by Gasteiger charge is -2.36. The molecule has 0 saturated carbocycles. The highest BCUT2D eigenvalue weighted by Crippen LogP contribution is 2.35. The fraction of sp³-hybridized carbons (Fsp3) is 0.467. The summed E-state index contributed by atoms with van der Waals surface area (Å²) in [4.78, 5) is 26.6. The summed E-state index contributed by atoms with van der Waals surface area (Å²) in [5, 5.41) is 9.85. The Balaban J connectivity index is 1.90. The molecular weight excluding hydrogens is 322 g/mol. The highest BCUT2D eigenvalue weighted by atomic mass is 32.2. The number of fused-ring (bicyclic) bond motifs is 1. The van der Waals surface area contributed by atoms with Crippen molar-refractivity contribution in [1.82, 2.24) is 4.90 Å². The van der Waals surface area contributed by atoms with E-state index in [0.717, 1.165) is 15.8 Å². The normalized spacial score (nSPS) is 18.4. The minimum atomic E-state index is -0.924. The largest absolute Gasteiger partial charge is 0.477 e. The molecule has 0 atom stereocenters. The molecule has 118 valence electrons. The van der Waals surface area contributed by atoms with Crippen LogP contribution in [0.4, 0.5) is 0 Å². The number of rotatable bonds is 2. The van der Waals surface area contributed by atoms with E-state index in [-0.39, 0.29) is 11.4 Å². The van der Waals surface area contributed by atoms with Gasteiger partial charge in [0.2, 0.25) is 0 Å². The predicted molar refractivity (Wildman–Crippen MR) is 87.2 cm³/mol. The molecule has 1 aliphatic heterocycles. The lowest BCUT2D eigenvalue weighted by atomic mass is 9.98. The van der Waals surface area contributed by atoms with Gasteiger partial charge in [0.05, 0.1) is 15.5 Å². The zero-order chi connectivity index (χ0) is 15.9. The van der Waals surface area contributed by atoms with Crippen molar-refractivity contribution in [3.63, 3.8) is 0 Å². The van der Waals surface area contributed by atoms with Crippen LogP contribution in [0.25, 0.3) is 9.40 Å². The Kier molecular flexibility index (Phi) is 3.96. The van der Waals surface area contributed by atoms with Crippen LogP contribution in [-0.4, -0.2) is 47.2 Å². The summed E-state index contributed by atoms with van der Waals surface area (Å²) in [5.41, 5.74) is -0.239. The molecule has 7 heteroatoms. The number of nitrogens with zero attached hydrogens (tertiary/aromatic N) is 1. The Morgan fingerprint density at radius 3 is 2.59 bits per heavy atom. The molecular formula is C15H17NO4S2. The average Bonchev–Trinajstić information content (AvgIpc) is 2.94. The number of carbonyl (C=O) groups is 2. The maximum absolute atomic E-state index is 12.8. The third kappa shape index (κ3) is 2.76. The summed E-state index contributed by atoms with van der Waals surface area (Å²) in [6, 6.07) is 3.43. The van der Waals surface area contributed by atoms with Crippen LogP contribution in [0.2, 0.25) is 0 Å². The Labute approximate surface area is 136 Å². The lowest BCUT2D eigenvalue weighted by Crippen LogP contribution is -2.47. The summed E-state index contributed by atoms with van der Waals surface area (Å²) >= 11 is 2.59. The van der Waals surface area contributed by atoms with E-state index in [1.165, 1.54) is 22.7 Å². The van der Waals surface area contributed by atoms with Gasteiger partial charge in [-0.3, -0.25) is 4.79 Å². The number of ether oxygens (including phenoxy) is 1. The highest BCUT2D eigenvalue weighted by Gasteiger charge is 2.33. The second-order valence-electron chi connectivity index (χ2n) is 5.90. The molecule has 0 aromatic carbocycles. The summed E-state index contributed by atoms with van der Waals surface area (Å²) < 4.78 is 6.36. The summed E-state index contributed by atoms with van der Waals surface area (Å²) in [7, 11) is 0. The van der Waals surface area contributed by atoms with E-state index in [9.17, 15) is 9.59 Å². The van der Waals surface area contributed by atoms with E-state index < -0.39 is 5.97 Å². The molecule has 2 aromatic rings. The Morgan fingerprint density at radius 1 is 1.23 bits per heavy atom. The maximum Gasteiger partial charge on any atom is 0.345 e. The fourth-order valence-electron chi connectivity index (χ4n) is 2.58. The molecule has 1 fully saturated rings. The third-order valence-electron chi connectivity index (χ3n) is 3.93. The zero-order valence-electron chi connectivity index (χ0n) is 12.4. The van der Waals surface area contributed by atoms with Crippen LogP contribution >= 0.6 is 22.7 Å². The quantitative estimate of drug-likeness (QED) is 0.911. The first-order valence-electron chi connectivity index (χ1n) is 7.05. The van der Waals surface area contributed by atoms with Gasteiger partial charge in [0, 0.05) is 24.1 Å². The van der Waals surface area contributed by atoms with Gasteiger partial charge in [-0.15, -0.1) is 22.7 Å². The van der Waals surface area contributed by atoms with Crippen molar-refractivity contribution < 1.29 is 19.4 Å². The van der Waals surface area contributed by atoms with E-state index in [1.807, 2.05) is 4.90 Å². The number of hydrogen-bond acceptors (Lipinski definition) is 5. The van der Waals surface area contributed by atoms with Crippen molar-refractivity contribution in [3.8, 4) is 0 Å². The summed E-state index contributed by atoms with van der Waals surface area (Å²) in [6.07, 6.45) is 0.807. The minimum absolute atomic E-state index is 0.000718. The molecule has 0 unspecified atom stereocenters. The van der Waals surface area contributed by atoms with Gasteiger partial charge in [-0.1, -0.05) is 0 Å². The van der Waals surface area contributed by atoms with Crippen molar-refractivity contribution in [3.05, 3.63) is 21.9 Å². The molecule has 5 nitrogen and oxygen atoms in total. The smallest absolute Gasteiger partial charge is 0.345 e. The number of carbonyl (C=O) groups excluding carboxylic acids is 1. The number of thiophene rings is 2. The molecule has 22 heavy (non-hydrogen) atoms. The Bertz CT molecular complexity index is 700. The van der Waals surface area contributed by atoms with E-state index in [0.29, 0.717) is 29.5 Å². The second kappa shape index (κ2) is 5.64. The molecule has 1 saturated heterocycles. The number of amides is 1. The monoisotopic (exact) mass is 339 g/mol. The fourth-order valence-corrected chi connectivity index (χ4v) is 4.81. The number of carboxylic acids is 1. The van der Waals surface area contributed by atoms with Crippen LogP contribution in [0.15, 0.2) is 12.1 Å². The van der Waals surface area contributed by atoms with E-state index in [4.69, 9.17) is 9.84 Å². The van der Waals surface area contributed by atoms with Gasteiger partial charge < -0.3 is 14.7 Å². The third-order valence-corrected chi connectivity index (χ3v) is 6.30. The van der Waals surface area contributed by atoms with Crippen LogP contribution in [0, 0.1) is 0 Å². The van der Waals surface area contributed by atoms with Crippen molar-refractivity contribution in [2.75, 3.05) is 19.8 Å². The molecule has 0 bridgehead atoms. The van der Waals surface area contributed by atoms with Gasteiger partial charge in [0.25, 0.3) is 5.91 Å². The van der Waals surface area contributed by atoms with E-state index >= 15 is 0 Å². The summed E-state index contributed by atoms with van der Waals surface area (Å²) in [5.74, 6) is -0.923. The molecule has 3 heterocycles. The minimum Gasteiger partial charge on any atom is -0.477 e. The number of hydrogen-bond donors (Lipinski definition) is 1. The van der Waals surface area contributed by atoms with Gasteiger partial charge in [0.15, 0.2) is 0 Å². The molecule has 2 aromatic heterocycles. The zero-order valence-corrected chi connectivity index (χ0v) is 14.1. The Hall–Kier alpha value is -1.44. The van der Waals surface area contributed by atoms with Gasteiger partial charge in [-0.2, -0.15) is 0 Å². The number of aromatic carboxylic acids is 1. The van der Waals surface area contributed by atoms with Crippen LogP contribution in [0.1, 0.15) is 39.6 Å². The standard InChI is InChI=1S/C15H17NO4S2/c1-15(2)3-5-20-6-4-16(15)12(17)10-7-9-8-11(13(18)19)22-14(9)21-10/h7-8H,3-6H2,1-2H3,(H,18,19). The van der Waals surface area contributed by atoms with E-state index in [2.05, 4.69) is 13.8 Å². The number of carboxylic acid groups (broad SMARTS) is 1. The van der Waals surface area contributed by atoms with Gasteiger partial charge >= 0.3 is 5.97 Å². The molecule has 1 amide bonds. The molecule has 1 aliphatic rings. The van der Waals surface area contributed by atoms with Crippen LogP contribution < -0.4 is 0 Å². The molecule has 1 N–H and O–H groups in total.